The van der Waals surface area contributed by atoms with Crippen LogP contribution in [0.1, 0.15) is 30.5 Å². The summed E-state index contributed by atoms with van der Waals surface area (Å²) in [6.07, 6.45) is 5.37. The highest BCUT2D eigenvalue weighted by Gasteiger charge is 2.20. The van der Waals surface area contributed by atoms with Crippen LogP contribution in [0.25, 0.3) is 0 Å². The van der Waals surface area contributed by atoms with Crippen LogP contribution in [-0.4, -0.2) is 36.2 Å². The molecule has 1 aromatic carbocycles. The Hall–Kier alpha value is -1.86. The summed E-state index contributed by atoms with van der Waals surface area (Å²) in [5.74, 6) is 0. The Morgan fingerprint density at radius 2 is 1.79 bits per heavy atom. The van der Waals surface area contributed by atoms with E-state index in [4.69, 9.17) is 0 Å². The number of piperidine rings is 1. The molecular weight excluding hydrogens is 324 g/mol. The molecule has 1 aliphatic rings. The van der Waals surface area contributed by atoms with Crippen molar-refractivity contribution >= 4 is 15.7 Å². The molecule has 0 radical (unpaired) electrons. The Balaban J connectivity index is 1.68. The fourth-order valence-electron chi connectivity index (χ4n) is 3.11. The number of hydrogen-bond donors (Lipinski definition) is 1. The van der Waals surface area contributed by atoms with E-state index < -0.39 is 10.0 Å². The minimum absolute atomic E-state index is 0.211. The number of benzene rings is 1. The molecule has 0 aliphatic carbocycles. The van der Waals surface area contributed by atoms with Gasteiger partial charge < -0.3 is 0 Å². The summed E-state index contributed by atoms with van der Waals surface area (Å²) in [7, 11) is -1.90. The van der Waals surface area contributed by atoms with Gasteiger partial charge in [0.2, 0.25) is 0 Å². The second-order valence-electron chi connectivity index (χ2n) is 6.39. The summed E-state index contributed by atoms with van der Waals surface area (Å²) in [6, 6.07) is 7.62. The van der Waals surface area contributed by atoms with Crippen LogP contribution in [0.2, 0.25) is 0 Å². The number of likely N-dealkylation sites (tertiary alicyclic amines) is 1. The van der Waals surface area contributed by atoms with Gasteiger partial charge in [-0.2, -0.15) is 5.10 Å². The van der Waals surface area contributed by atoms with Crippen molar-refractivity contribution in [1.82, 2.24) is 14.7 Å². The standard InChI is InChI=1S/C17H24N4O2S/c1-14-17(13-20(2)18-14)24(22,23)19-16-8-6-15(7-9-16)12-21-10-4-3-5-11-21/h6-9,13,19H,3-5,10-12H2,1-2H3. The smallest absolute Gasteiger partial charge is 0.265 e. The van der Waals surface area contributed by atoms with Gasteiger partial charge in [-0.1, -0.05) is 18.6 Å². The Labute approximate surface area is 143 Å². The Kier molecular flexibility index (Phi) is 4.91. The van der Waals surface area contributed by atoms with Gasteiger partial charge in [0, 0.05) is 25.5 Å². The van der Waals surface area contributed by atoms with Crippen molar-refractivity contribution in [3.8, 4) is 0 Å². The van der Waals surface area contributed by atoms with Crippen LogP contribution in [0.5, 0.6) is 0 Å². The quantitative estimate of drug-likeness (QED) is 0.901. The number of nitrogens with one attached hydrogen (secondary N) is 1. The number of hydrogen-bond acceptors (Lipinski definition) is 4. The zero-order chi connectivity index (χ0) is 17.2. The number of anilines is 1. The number of sulfonamides is 1. The lowest BCUT2D eigenvalue weighted by Gasteiger charge is -2.26. The zero-order valence-electron chi connectivity index (χ0n) is 14.2. The van der Waals surface area contributed by atoms with Gasteiger partial charge in [-0.15, -0.1) is 0 Å². The molecule has 0 saturated carbocycles. The predicted molar refractivity (Wildman–Crippen MR) is 94.3 cm³/mol. The van der Waals surface area contributed by atoms with E-state index in [9.17, 15) is 8.42 Å². The number of aryl methyl sites for hydroxylation is 2. The third kappa shape index (κ3) is 3.96. The summed E-state index contributed by atoms with van der Waals surface area (Å²) in [5.41, 5.74) is 2.27. The SMILES string of the molecule is Cc1nn(C)cc1S(=O)(=O)Nc1ccc(CN2CCCCC2)cc1. The molecule has 0 bridgehead atoms. The Morgan fingerprint density at radius 3 is 2.38 bits per heavy atom. The second-order valence-corrected chi connectivity index (χ2v) is 8.04. The highest BCUT2D eigenvalue weighted by Crippen LogP contribution is 2.20. The van der Waals surface area contributed by atoms with Crippen LogP contribution >= 0.6 is 0 Å². The van der Waals surface area contributed by atoms with Crippen LogP contribution < -0.4 is 4.72 Å². The van der Waals surface area contributed by atoms with Gasteiger partial charge in [0.05, 0.1) is 5.69 Å². The molecule has 0 unspecified atom stereocenters. The first-order valence-corrected chi connectivity index (χ1v) is 9.77. The van der Waals surface area contributed by atoms with Crippen molar-refractivity contribution in [3.05, 3.63) is 41.7 Å². The van der Waals surface area contributed by atoms with Gasteiger partial charge in [-0.05, 0) is 50.6 Å². The van der Waals surface area contributed by atoms with Crippen LogP contribution in [0, 0.1) is 6.92 Å². The van der Waals surface area contributed by atoms with Gasteiger partial charge in [0.25, 0.3) is 10.0 Å². The zero-order valence-corrected chi connectivity index (χ0v) is 15.0. The van der Waals surface area contributed by atoms with Gasteiger partial charge in [0.1, 0.15) is 4.90 Å². The first kappa shape index (κ1) is 17.0. The number of aromatic nitrogens is 2. The van der Waals surface area contributed by atoms with E-state index in [1.807, 2.05) is 24.3 Å². The molecule has 0 amide bonds. The maximum absolute atomic E-state index is 12.5. The largest absolute Gasteiger partial charge is 0.299 e. The fourth-order valence-corrected chi connectivity index (χ4v) is 4.38. The minimum Gasteiger partial charge on any atom is -0.299 e. The molecule has 0 atom stereocenters. The third-order valence-corrected chi connectivity index (χ3v) is 5.80. The highest BCUT2D eigenvalue weighted by molar-refractivity contribution is 7.92. The maximum atomic E-state index is 12.5. The highest BCUT2D eigenvalue weighted by atomic mass is 32.2. The second kappa shape index (κ2) is 6.94. The molecule has 6 nitrogen and oxygen atoms in total. The molecule has 2 aromatic rings. The molecule has 1 aliphatic heterocycles. The fraction of sp³-hybridized carbons (Fsp3) is 0.471. The summed E-state index contributed by atoms with van der Waals surface area (Å²) < 4.78 is 29.1. The average molecular weight is 348 g/mol. The molecule has 1 fully saturated rings. The molecule has 1 saturated heterocycles. The van der Waals surface area contributed by atoms with Crippen molar-refractivity contribution in [2.75, 3.05) is 17.8 Å². The number of nitrogens with zero attached hydrogens (tertiary/aromatic N) is 3. The molecule has 24 heavy (non-hydrogen) atoms. The summed E-state index contributed by atoms with van der Waals surface area (Å²) in [4.78, 5) is 2.66. The van der Waals surface area contributed by atoms with E-state index >= 15 is 0 Å². The first-order chi connectivity index (χ1) is 11.4. The van der Waals surface area contributed by atoms with Crippen molar-refractivity contribution in [2.24, 2.45) is 7.05 Å². The van der Waals surface area contributed by atoms with Gasteiger partial charge in [0.15, 0.2) is 0 Å². The minimum atomic E-state index is -3.61. The monoisotopic (exact) mass is 348 g/mol. The van der Waals surface area contributed by atoms with E-state index in [0.29, 0.717) is 11.4 Å². The third-order valence-electron chi connectivity index (χ3n) is 4.32. The molecule has 1 aromatic heterocycles. The predicted octanol–water partition coefficient (Wildman–Crippen LogP) is 2.52. The summed E-state index contributed by atoms with van der Waals surface area (Å²) >= 11 is 0. The lowest BCUT2D eigenvalue weighted by atomic mass is 10.1. The van der Waals surface area contributed by atoms with Crippen LogP contribution in [0.15, 0.2) is 35.4 Å². The first-order valence-electron chi connectivity index (χ1n) is 8.28. The van der Waals surface area contributed by atoms with Crippen LogP contribution in [0.4, 0.5) is 5.69 Å². The molecule has 1 N–H and O–H groups in total. The van der Waals surface area contributed by atoms with E-state index in [0.717, 1.165) is 19.6 Å². The topological polar surface area (TPSA) is 67.2 Å². The lowest BCUT2D eigenvalue weighted by Crippen LogP contribution is -2.29. The average Bonchev–Trinajstić information content (AvgIpc) is 2.90. The van der Waals surface area contributed by atoms with Crippen molar-refractivity contribution in [1.29, 1.82) is 0 Å². The van der Waals surface area contributed by atoms with Crippen molar-refractivity contribution in [2.45, 2.75) is 37.6 Å². The Morgan fingerprint density at radius 1 is 1.12 bits per heavy atom. The van der Waals surface area contributed by atoms with Gasteiger partial charge in [-0.3, -0.25) is 14.3 Å². The molecule has 3 rings (SSSR count). The van der Waals surface area contributed by atoms with E-state index in [1.165, 1.54) is 35.7 Å². The van der Waals surface area contributed by atoms with Crippen molar-refractivity contribution in [3.63, 3.8) is 0 Å². The summed E-state index contributed by atoms with van der Waals surface area (Å²) in [6.45, 7) is 4.91. The molecule has 2 heterocycles. The summed E-state index contributed by atoms with van der Waals surface area (Å²) in [5, 5.41) is 4.09. The molecule has 0 spiro atoms. The van der Waals surface area contributed by atoms with Gasteiger partial charge >= 0.3 is 0 Å². The van der Waals surface area contributed by atoms with Crippen LogP contribution in [-0.2, 0) is 23.6 Å². The van der Waals surface area contributed by atoms with Crippen LogP contribution in [0.3, 0.4) is 0 Å². The maximum Gasteiger partial charge on any atom is 0.265 e. The van der Waals surface area contributed by atoms with E-state index in [1.54, 1.807) is 14.0 Å². The van der Waals surface area contributed by atoms with E-state index in [2.05, 4.69) is 14.7 Å². The Bertz CT molecular complexity index is 790. The molecule has 7 heteroatoms. The van der Waals surface area contributed by atoms with Crippen molar-refractivity contribution < 1.29 is 8.42 Å². The lowest BCUT2D eigenvalue weighted by molar-refractivity contribution is 0.221. The normalized spacial score (nSPS) is 16.2. The molecule has 130 valence electrons. The van der Waals surface area contributed by atoms with E-state index in [-0.39, 0.29) is 4.90 Å². The number of rotatable bonds is 5. The van der Waals surface area contributed by atoms with Gasteiger partial charge in [-0.25, -0.2) is 8.42 Å². The molecular formula is C17H24N4O2S.